The molecule has 3 rings (SSSR count). The Hall–Kier alpha value is -0.860. The first-order valence-corrected chi connectivity index (χ1v) is 7.29. The number of rotatable bonds is 2. The number of nitrogens with zero attached hydrogens (tertiary/aromatic N) is 2. The molecule has 0 radical (unpaired) electrons. The van der Waals surface area contributed by atoms with Crippen molar-refractivity contribution in [2.24, 2.45) is 0 Å². The van der Waals surface area contributed by atoms with E-state index in [4.69, 9.17) is 0 Å². The Labute approximate surface area is 111 Å². The van der Waals surface area contributed by atoms with Gasteiger partial charge in [0.25, 0.3) is 0 Å². The molecule has 98 valence electrons. The van der Waals surface area contributed by atoms with Gasteiger partial charge in [-0.3, -0.25) is 9.80 Å². The molecule has 18 heavy (non-hydrogen) atoms. The fraction of sp³-hybridized carbons (Fsp3) is 0.625. The third-order valence-electron chi connectivity index (χ3n) is 4.54. The number of fused-ring (bicyclic) bond motifs is 1. The number of benzene rings is 1. The van der Waals surface area contributed by atoms with Crippen molar-refractivity contribution >= 4 is 0 Å². The highest BCUT2D eigenvalue weighted by Gasteiger charge is 2.29. The van der Waals surface area contributed by atoms with Gasteiger partial charge in [-0.25, -0.2) is 0 Å². The van der Waals surface area contributed by atoms with Crippen molar-refractivity contribution in [3.05, 3.63) is 35.4 Å². The highest BCUT2D eigenvalue weighted by Crippen LogP contribution is 2.28. The van der Waals surface area contributed by atoms with Crippen LogP contribution in [0.15, 0.2) is 24.3 Å². The summed E-state index contributed by atoms with van der Waals surface area (Å²) in [7, 11) is 0. The molecule has 1 aromatic rings. The average Bonchev–Trinajstić information content (AvgIpc) is 2.82. The zero-order valence-electron chi connectivity index (χ0n) is 11.6. The summed E-state index contributed by atoms with van der Waals surface area (Å²) in [5, 5.41) is 0. The van der Waals surface area contributed by atoms with Crippen LogP contribution in [0.25, 0.3) is 0 Å². The quantitative estimate of drug-likeness (QED) is 0.789. The van der Waals surface area contributed by atoms with Crippen LogP contribution in [0.4, 0.5) is 0 Å². The first-order valence-electron chi connectivity index (χ1n) is 7.29. The summed E-state index contributed by atoms with van der Waals surface area (Å²) < 4.78 is 0. The molecule has 0 bridgehead atoms. The minimum absolute atomic E-state index is 0.692. The summed E-state index contributed by atoms with van der Waals surface area (Å²) in [6, 6.07) is 10.4. The van der Waals surface area contributed by atoms with Crippen LogP contribution < -0.4 is 0 Å². The highest BCUT2D eigenvalue weighted by molar-refractivity contribution is 5.30. The van der Waals surface area contributed by atoms with Gasteiger partial charge in [0.1, 0.15) is 0 Å². The van der Waals surface area contributed by atoms with Gasteiger partial charge >= 0.3 is 0 Å². The molecule has 2 heterocycles. The molecular formula is C16H24N2. The lowest BCUT2D eigenvalue weighted by Gasteiger charge is -2.39. The molecule has 2 aliphatic heterocycles. The zero-order chi connectivity index (χ0) is 12.5. The third-order valence-corrected chi connectivity index (χ3v) is 4.54. The van der Waals surface area contributed by atoms with E-state index in [1.54, 1.807) is 11.1 Å². The van der Waals surface area contributed by atoms with Crippen LogP contribution in [0.3, 0.4) is 0 Å². The molecule has 0 saturated carbocycles. The Morgan fingerprint density at radius 2 is 1.78 bits per heavy atom. The van der Waals surface area contributed by atoms with E-state index in [0.29, 0.717) is 6.04 Å². The smallest absolute Gasteiger partial charge is 0.0244 e. The van der Waals surface area contributed by atoms with Crippen molar-refractivity contribution in [2.45, 2.75) is 51.9 Å². The normalized spacial score (nSPS) is 25.6. The molecule has 2 nitrogen and oxygen atoms in total. The minimum atomic E-state index is 0.692. The first-order chi connectivity index (χ1) is 8.74. The van der Waals surface area contributed by atoms with Gasteiger partial charge in [0, 0.05) is 31.7 Å². The third kappa shape index (κ3) is 2.32. The predicted octanol–water partition coefficient (Wildman–Crippen LogP) is 2.88. The maximum Gasteiger partial charge on any atom is 0.0244 e. The average molecular weight is 244 g/mol. The number of likely N-dealkylation sites (tertiary alicyclic amines) is 1. The van der Waals surface area contributed by atoms with E-state index in [0.717, 1.165) is 19.1 Å². The summed E-state index contributed by atoms with van der Waals surface area (Å²) in [4.78, 5) is 5.32. The van der Waals surface area contributed by atoms with Crippen LogP contribution in [0.5, 0.6) is 0 Å². The molecule has 0 aliphatic carbocycles. The van der Waals surface area contributed by atoms with Gasteiger partial charge in [-0.1, -0.05) is 24.3 Å². The van der Waals surface area contributed by atoms with Crippen molar-refractivity contribution in [3.63, 3.8) is 0 Å². The second kappa shape index (κ2) is 5.02. The molecule has 2 aliphatic rings. The Morgan fingerprint density at radius 1 is 1.11 bits per heavy atom. The second-order valence-corrected chi connectivity index (χ2v) is 6.06. The van der Waals surface area contributed by atoms with Crippen LogP contribution >= 0.6 is 0 Å². The van der Waals surface area contributed by atoms with Crippen molar-refractivity contribution in [1.82, 2.24) is 9.80 Å². The van der Waals surface area contributed by atoms with Crippen LogP contribution in [-0.4, -0.2) is 35.0 Å². The van der Waals surface area contributed by atoms with E-state index < -0.39 is 0 Å². The largest absolute Gasteiger partial charge is 0.299 e. The molecule has 1 saturated heterocycles. The molecule has 1 unspecified atom stereocenters. The Morgan fingerprint density at radius 3 is 2.39 bits per heavy atom. The molecule has 1 fully saturated rings. The molecule has 0 amide bonds. The lowest BCUT2D eigenvalue weighted by Crippen LogP contribution is -2.48. The van der Waals surface area contributed by atoms with Crippen LogP contribution in [0.1, 0.15) is 37.8 Å². The van der Waals surface area contributed by atoms with E-state index in [1.165, 1.54) is 25.9 Å². The number of piperidine rings is 1. The van der Waals surface area contributed by atoms with E-state index in [1.807, 2.05) is 0 Å². The summed E-state index contributed by atoms with van der Waals surface area (Å²) in [5.41, 5.74) is 3.08. The molecule has 1 atom stereocenters. The SMILES string of the molecule is CC(C)N1CCCC(N2Cc3ccccc3C2)C1. The topological polar surface area (TPSA) is 6.48 Å². The monoisotopic (exact) mass is 244 g/mol. The Bertz CT molecular complexity index is 388. The molecule has 0 N–H and O–H groups in total. The Kier molecular flexibility index (Phi) is 3.40. The van der Waals surface area contributed by atoms with E-state index >= 15 is 0 Å². The molecular weight excluding hydrogens is 220 g/mol. The zero-order valence-corrected chi connectivity index (χ0v) is 11.6. The second-order valence-electron chi connectivity index (χ2n) is 6.06. The van der Waals surface area contributed by atoms with Gasteiger partial charge in [0.2, 0.25) is 0 Å². The highest BCUT2D eigenvalue weighted by atomic mass is 15.2. The summed E-state index contributed by atoms with van der Waals surface area (Å²) in [6.07, 6.45) is 2.73. The van der Waals surface area contributed by atoms with Gasteiger partial charge in [-0.05, 0) is 44.4 Å². The molecule has 2 heteroatoms. The number of hydrogen-bond acceptors (Lipinski definition) is 2. The number of hydrogen-bond donors (Lipinski definition) is 0. The van der Waals surface area contributed by atoms with Crippen molar-refractivity contribution in [1.29, 1.82) is 0 Å². The molecule has 0 spiro atoms. The van der Waals surface area contributed by atoms with Crippen molar-refractivity contribution < 1.29 is 0 Å². The predicted molar refractivity (Wildman–Crippen MR) is 75.4 cm³/mol. The lowest BCUT2D eigenvalue weighted by molar-refractivity contribution is 0.0781. The van der Waals surface area contributed by atoms with Crippen molar-refractivity contribution in [3.8, 4) is 0 Å². The van der Waals surface area contributed by atoms with Gasteiger partial charge in [-0.15, -0.1) is 0 Å². The minimum Gasteiger partial charge on any atom is -0.299 e. The van der Waals surface area contributed by atoms with E-state index in [9.17, 15) is 0 Å². The van der Waals surface area contributed by atoms with Crippen LogP contribution in [0, 0.1) is 0 Å². The van der Waals surface area contributed by atoms with Gasteiger partial charge < -0.3 is 0 Å². The summed E-state index contributed by atoms with van der Waals surface area (Å²) in [6.45, 7) is 9.50. The lowest BCUT2D eigenvalue weighted by atomic mass is 10.0. The summed E-state index contributed by atoms with van der Waals surface area (Å²) >= 11 is 0. The fourth-order valence-electron chi connectivity index (χ4n) is 3.37. The standard InChI is InChI=1S/C16H24N2/c1-13(2)17-9-5-8-16(12-17)18-10-14-6-3-4-7-15(14)11-18/h3-4,6-7,13,16H,5,8-12H2,1-2H3. The van der Waals surface area contributed by atoms with Gasteiger partial charge in [-0.2, -0.15) is 0 Å². The van der Waals surface area contributed by atoms with E-state index in [-0.39, 0.29) is 0 Å². The first kappa shape index (κ1) is 12.2. The van der Waals surface area contributed by atoms with Crippen LogP contribution in [0.2, 0.25) is 0 Å². The Balaban J connectivity index is 1.67. The van der Waals surface area contributed by atoms with Gasteiger partial charge in [0.05, 0.1) is 0 Å². The fourth-order valence-corrected chi connectivity index (χ4v) is 3.37. The van der Waals surface area contributed by atoms with Gasteiger partial charge in [0.15, 0.2) is 0 Å². The maximum absolute atomic E-state index is 2.68. The molecule has 1 aromatic carbocycles. The molecule has 0 aromatic heterocycles. The van der Waals surface area contributed by atoms with Crippen LogP contribution in [-0.2, 0) is 13.1 Å². The summed E-state index contributed by atoms with van der Waals surface area (Å²) in [5.74, 6) is 0. The van der Waals surface area contributed by atoms with E-state index in [2.05, 4.69) is 47.9 Å². The van der Waals surface area contributed by atoms with Crippen molar-refractivity contribution in [2.75, 3.05) is 13.1 Å². The maximum atomic E-state index is 2.68.